The Morgan fingerprint density at radius 3 is 2.45 bits per heavy atom. The number of amides is 1. The van der Waals surface area contributed by atoms with Gasteiger partial charge in [-0.2, -0.15) is 0 Å². The normalized spacial score (nSPS) is 12.0. The molecule has 0 aliphatic rings. The van der Waals surface area contributed by atoms with Gasteiger partial charge >= 0.3 is 0 Å². The molecule has 2 aromatic rings. The van der Waals surface area contributed by atoms with E-state index in [1.54, 1.807) is 0 Å². The zero-order valence-corrected chi connectivity index (χ0v) is 13.9. The van der Waals surface area contributed by atoms with Crippen LogP contribution in [-0.4, -0.2) is 5.91 Å². The molecular weight excluding hydrogens is 294 g/mol. The molecular formula is C19H22ClNO. The molecule has 0 fully saturated rings. The number of carbonyl (C=O) groups excluding carboxylic acids is 1. The second-order valence-corrected chi connectivity index (χ2v) is 5.88. The van der Waals surface area contributed by atoms with Crippen molar-refractivity contribution in [3.05, 3.63) is 70.2 Å². The molecule has 1 amide bonds. The molecule has 22 heavy (non-hydrogen) atoms. The van der Waals surface area contributed by atoms with Crippen LogP contribution in [0.1, 0.15) is 43.0 Å². The molecule has 2 rings (SSSR count). The van der Waals surface area contributed by atoms with Crippen molar-refractivity contribution in [1.82, 2.24) is 5.32 Å². The maximum absolute atomic E-state index is 12.1. The van der Waals surface area contributed by atoms with Crippen molar-refractivity contribution < 1.29 is 4.79 Å². The van der Waals surface area contributed by atoms with Crippen LogP contribution in [-0.2, 0) is 17.6 Å². The molecule has 0 heterocycles. The van der Waals surface area contributed by atoms with Gasteiger partial charge in [-0.3, -0.25) is 4.79 Å². The Hall–Kier alpha value is -1.80. The predicted molar refractivity (Wildman–Crippen MR) is 92.2 cm³/mol. The largest absolute Gasteiger partial charge is 0.350 e. The van der Waals surface area contributed by atoms with Crippen molar-refractivity contribution in [2.45, 2.75) is 39.2 Å². The molecule has 0 aliphatic carbocycles. The molecule has 0 aliphatic heterocycles. The van der Waals surface area contributed by atoms with Crippen molar-refractivity contribution in [1.29, 1.82) is 0 Å². The second-order valence-electron chi connectivity index (χ2n) is 5.48. The molecule has 1 N–H and O–H groups in total. The second kappa shape index (κ2) is 8.00. The summed E-state index contributed by atoms with van der Waals surface area (Å²) in [4.78, 5) is 12.1. The number of aryl methyl sites for hydroxylation is 2. The molecule has 0 saturated heterocycles. The van der Waals surface area contributed by atoms with E-state index >= 15 is 0 Å². The number of carbonyl (C=O) groups is 1. The average Bonchev–Trinajstić information content (AvgIpc) is 2.54. The van der Waals surface area contributed by atoms with Gasteiger partial charge in [-0.05, 0) is 42.5 Å². The first kappa shape index (κ1) is 16.6. The van der Waals surface area contributed by atoms with Gasteiger partial charge in [0.25, 0.3) is 0 Å². The Morgan fingerprint density at radius 1 is 1.14 bits per heavy atom. The summed E-state index contributed by atoms with van der Waals surface area (Å²) in [5, 5.41) is 3.76. The highest BCUT2D eigenvalue weighted by Gasteiger charge is 2.10. The SMILES string of the molecule is CCc1ccc([C@@H](C)NC(=O)CCc2ccccc2Cl)cc1. The van der Waals surface area contributed by atoms with Crippen LogP contribution in [0.2, 0.25) is 5.02 Å². The van der Waals surface area contributed by atoms with E-state index in [9.17, 15) is 4.79 Å². The maximum Gasteiger partial charge on any atom is 0.220 e. The predicted octanol–water partition coefficient (Wildman–Crippen LogP) is 4.71. The van der Waals surface area contributed by atoms with Gasteiger partial charge < -0.3 is 5.32 Å². The minimum Gasteiger partial charge on any atom is -0.350 e. The van der Waals surface area contributed by atoms with E-state index in [4.69, 9.17) is 11.6 Å². The average molecular weight is 316 g/mol. The minimum absolute atomic E-state index is 0.0182. The van der Waals surface area contributed by atoms with Crippen molar-refractivity contribution in [3.63, 3.8) is 0 Å². The first-order chi connectivity index (χ1) is 10.6. The quantitative estimate of drug-likeness (QED) is 0.821. The fourth-order valence-corrected chi connectivity index (χ4v) is 2.62. The van der Waals surface area contributed by atoms with Gasteiger partial charge in [0.15, 0.2) is 0 Å². The Labute approximate surface area is 137 Å². The third kappa shape index (κ3) is 4.60. The summed E-state index contributed by atoms with van der Waals surface area (Å²) in [6, 6.07) is 16.1. The van der Waals surface area contributed by atoms with Crippen LogP contribution < -0.4 is 5.32 Å². The van der Waals surface area contributed by atoms with Crippen molar-refractivity contribution in [2.75, 3.05) is 0 Å². The number of nitrogens with one attached hydrogen (secondary N) is 1. The van der Waals surface area contributed by atoms with Crippen LogP contribution in [0.4, 0.5) is 0 Å². The summed E-state index contributed by atoms with van der Waals surface area (Å²) in [5.41, 5.74) is 3.45. The van der Waals surface area contributed by atoms with Gasteiger partial charge in [0.1, 0.15) is 0 Å². The monoisotopic (exact) mass is 315 g/mol. The first-order valence-corrected chi connectivity index (χ1v) is 8.09. The standard InChI is InChI=1S/C19H22ClNO/c1-3-15-8-10-16(11-9-15)14(2)21-19(22)13-12-17-6-4-5-7-18(17)20/h4-11,14H,3,12-13H2,1-2H3,(H,21,22)/t14-/m1/s1. The van der Waals surface area contributed by atoms with Crippen molar-refractivity contribution in [3.8, 4) is 0 Å². The number of hydrogen-bond donors (Lipinski definition) is 1. The zero-order chi connectivity index (χ0) is 15.9. The van der Waals surface area contributed by atoms with Gasteiger partial charge in [-0.15, -0.1) is 0 Å². The molecule has 0 radical (unpaired) electrons. The Kier molecular flexibility index (Phi) is 6.02. The summed E-state index contributed by atoms with van der Waals surface area (Å²) in [6.07, 6.45) is 2.13. The van der Waals surface area contributed by atoms with E-state index in [2.05, 4.69) is 36.5 Å². The van der Waals surface area contributed by atoms with Crippen molar-refractivity contribution >= 4 is 17.5 Å². The smallest absolute Gasteiger partial charge is 0.220 e. The molecule has 116 valence electrons. The van der Waals surface area contributed by atoms with Gasteiger partial charge in [0.05, 0.1) is 6.04 Å². The number of halogens is 1. The van der Waals surface area contributed by atoms with E-state index in [1.807, 2.05) is 31.2 Å². The van der Waals surface area contributed by atoms with Crippen LogP contribution in [0.25, 0.3) is 0 Å². The Balaban J connectivity index is 1.87. The molecule has 3 heteroatoms. The highest BCUT2D eigenvalue weighted by atomic mass is 35.5. The molecule has 1 atom stereocenters. The highest BCUT2D eigenvalue weighted by Crippen LogP contribution is 2.17. The molecule has 2 aromatic carbocycles. The number of hydrogen-bond acceptors (Lipinski definition) is 1. The van der Waals surface area contributed by atoms with E-state index in [1.165, 1.54) is 5.56 Å². The lowest BCUT2D eigenvalue weighted by atomic mass is 10.0. The van der Waals surface area contributed by atoms with Gasteiger partial charge in [-0.25, -0.2) is 0 Å². The van der Waals surface area contributed by atoms with Crippen molar-refractivity contribution in [2.24, 2.45) is 0 Å². The van der Waals surface area contributed by atoms with Gasteiger partial charge in [-0.1, -0.05) is 61.0 Å². The lowest BCUT2D eigenvalue weighted by Crippen LogP contribution is -2.26. The van der Waals surface area contributed by atoms with Crippen LogP contribution in [0, 0.1) is 0 Å². The van der Waals surface area contributed by atoms with Gasteiger partial charge in [0.2, 0.25) is 5.91 Å². The molecule has 0 bridgehead atoms. The first-order valence-electron chi connectivity index (χ1n) is 7.71. The van der Waals surface area contributed by atoms with Crippen LogP contribution >= 0.6 is 11.6 Å². The summed E-state index contributed by atoms with van der Waals surface area (Å²) >= 11 is 6.11. The topological polar surface area (TPSA) is 29.1 Å². The lowest BCUT2D eigenvalue weighted by molar-refractivity contribution is -0.121. The van der Waals surface area contributed by atoms with Crippen LogP contribution in [0.15, 0.2) is 48.5 Å². The van der Waals surface area contributed by atoms with E-state index in [0.29, 0.717) is 12.8 Å². The van der Waals surface area contributed by atoms with E-state index in [0.717, 1.165) is 22.6 Å². The number of benzene rings is 2. The van der Waals surface area contributed by atoms with Gasteiger partial charge in [0, 0.05) is 11.4 Å². The van der Waals surface area contributed by atoms with Crippen LogP contribution in [0.5, 0.6) is 0 Å². The molecule has 2 nitrogen and oxygen atoms in total. The molecule has 0 unspecified atom stereocenters. The fraction of sp³-hybridized carbons (Fsp3) is 0.316. The summed E-state index contributed by atoms with van der Waals surface area (Å²) < 4.78 is 0. The summed E-state index contributed by atoms with van der Waals surface area (Å²) in [7, 11) is 0. The summed E-state index contributed by atoms with van der Waals surface area (Å²) in [5.74, 6) is 0.0481. The highest BCUT2D eigenvalue weighted by molar-refractivity contribution is 6.31. The Morgan fingerprint density at radius 2 is 1.82 bits per heavy atom. The Bertz CT molecular complexity index is 622. The van der Waals surface area contributed by atoms with Crippen LogP contribution in [0.3, 0.4) is 0 Å². The third-order valence-electron chi connectivity index (χ3n) is 3.84. The van der Waals surface area contributed by atoms with E-state index in [-0.39, 0.29) is 11.9 Å². The minimum atomic E-state index is 0.0182. The fourth-order valence-electron chi connectivity index (χ4n) is 2.39. The zero-order valence-electron chi connectivity index (χ0n) is 13.1. The molecule has 0 saturated carbocycles. The maximum atomic E-state index is 12.1. The molecule has 0 aromatic heterocycles. The third-order valence-corrected chi connectivity index (χ3v) is 4.21. The molecule has 0 spiro atoms. The summed E-state index contributed by atoms with van der Waals surface area (Å²) in [6.45, 7) is 4.14. The van der Waals surface area contributed by atoms with E-state index < -0.39 is 0 Å². The lowest BCUT2D eigenvalue weighted by Gasteiger charge is -2.15. The number of rotatable bonds is 6.